The predicted octanol–water partition coefficient (Wildman–Crippen LogP) is 0.199. The normalized spacial score (nSPS) is 16.2. The summed E-state index contributed by atoms with van der Waals surface area (Å²) in [7, 11) is 0. The molecule has 43 valence electrons. The van der Waals surface area contributed by atoms with Gasteiger partial charge in [0.15, 0.2) is 0 Å². The molecule has 0 saturated carbocycles. The van der Waals surface area contributed by atoms with Gasteiger partial charge < -0.3 is 4.84 Å². The highest BCUT2D eigenvalue weighted by Gasteiger charge is 1.99. The lowest BCUT2D eigenvalue weighted by Crippen LogP contribution is -2.27. The third-order valence-electron chi connectivity index (χ3n) is 0.742. The molecule has 0 aliphatic carbocycles. The van der Waals surface area contributed by atoms with E-state index in [-0.39, 0.29) is 0 Å². The Hall–Kier alpha value is -0.960. The number of nitrogens with zero attached hydrogens (tertiary/aromatic N) is 1. The zero-order valence-corrected chi connectivity index (χ0v) is 4.42. The topological polar surface area (TPSA) is 24.5 Å². The van der Waals surface area contributed by atoms with E-state index in [4.69, 9.17) is 0 Å². The van der Waals surface area contributed by atoms with Crippen molar-refractivity contribution in [2.45, 2.75) is 0 Å². The zero-order chi connectivity index (χ0) is 5.82. The molecule has 0 bridgehead atoms. The second-order valence-electron chi connectivity index (χ2n) is 1.36. The van der Waals surface area contributed by atoms with Gasteiger partial charge in [-0.3, -0.25) is 5.01 Å². The highest BCUT2D eigenvalue weighted by Crippen LogP contribution is 1.90. The molecule has 0 aromatic heterocycles. The molecule has 8 heavy (non-hydrogen) atoms. The first kappa shape index (κ1) is 5.18. The molecule has 1 aliphatic rings. The molecule has 0 fully saturated rings. The monoisotopic (exact) mass is 111 g/mol. The molecule has 0 aromatic rings. The smallest absolute Gasteiger partial charge is 0.140 e. The van der Waals surface area contributed by atoms with Crippen LogP contribution in [0.25, 0.3) is 0 Å². The van der Waals surface area contributed by atoms with Crippen molar-refractivity contribution < 1.29 is 4.84 Å². The van der Waals surface area contributed by atoms with Crippen LogP contribution in [0, 0.1) is 6.20 Å². The van der Waals surface area contributed by atoms with Gasteiger partial charge in [0.1, 0.15) is 12.5 Å². The maximum Gasteiger partial charge on any atom is 0.140 e. The Labute approximate surface area is 48.2 Å². The summed E-state index contributed by atoms with van der Waals surface area (Å²) < 4.78 is 0. The van der Waals surface area contributed by atoms with Crippen LogP contribution in [-0.2, 0) is 4.84 Å². The number of nitrogens with one attached hydrogen (secondary N) is 1. The molecule has 1 heterocycles. The molecular formula is C5H7N2O. The van der Waals surface area contributed by atoms with E-state index in [2.05, 4.69) is 23.2 Å². The van der Waals surface area contributed by atoms with E-state index in [9.17, 15) is 0 Å². The van der Waals surface area contributed by atoms with Gasteiger partial charge in [0.2, 0.25) is 0 Å². The Balaban J connectivity index is 2.25. The average Bonchev–Trinajstić information content (AvgIpc) is 2.19. The lowest BCUT2D eigenvalue weighted by Gasteiger charge is -2.08. The van der Waals surface area contributed by atoms with E-state index < -0.39 is 0 Å². The standard InChI is InChI=1S/C5H7N2O/c1-2-3-7-4-5-8-6-7/h2,5-6H,1,3H2. The summed E-state index contributed by atoms with van der Waals surface area (Å²) in [5, 5.41) is 1.65. The van der Waals surface area contributed by atoms with Crippen molar-refractivity contribution in [1.82, 2.24) is 10.6 Å². The Morgan fingerprint density at radius 3 is 3.38 bits per heavy atom. The maximum atomic E-state index is 4.60. The van der Waals surface area contributed by atoms with Crippen LogP contribution in [0.4, 0.5) is 0 Å². The summed E-state index contributed by atoms with van der Waals surface area (Å²) in [4.78, 5) is 4.60. The van der Waals surface area contributed by atoms with Crippen LogP contribution in [0.15, 0.2) is 18.9 Å². The SMILES string of the molecule is C=CCN1[C]=CON1. The van der Waals surface area contributed by atoms with Crippen molar-refractivity contribution in [3.05, 3.63) is 25.1 Å². The fraction of sp³-hybridized carbons (Fsp3) is 0.200. The van der Waals surface area contributed by atoms with Crippen molar-refractivity contribution in [1.29, 1.82) is 0 Å². The lowest BCUT2D eigenvalue weighted by atomic mass is 10.6. The van der Waals surface area contributed by atoms with Crippen molar-refractivity contribution in [2.75, 3.05) is 6.54 Å². The highest BCUT2D eigenvalue weighted by atomic mass is 16.7. The largest absolute Gasteiger partial charge is 0.394 e. The molecule has 1 radical (unpaired) electrons. The number of hydrogen-bond donors (Lipinski definition) is 1. The molecule has 0 unspecified atom stereocenters. The molecule has 0 atom stereocenters. The van der Waals surface area contributed by atoms with Gasteiger partial charge in [0, 0.05) is 0 Å². The van der Waals surface area contributed by atoms with Gasteiger partial charge in [0.05, 0.1) is 6.54 Å². The molecule has 0 amide bonds. The number of hydrogen-bond acceptors (Lipinski definition) is 3. The summed E-state index contributed by atoms with van der Waals surface area (Å²) >= 11 is 0. The van der Waals surface area contributed by atoms with Gasteiger partial charge in [-0.05, 0) is 0 Å². The Bertz CT molecular complexity index is 111. The first-order valence-electron chi connectivity index (χ1n) is 2.31. The summed E-state index contributed by atoms with van der Waals surface area (Å²) in [6, 6.07) is 0. The van der Waals surface area contributed by atoms with Crippen LogP contribution in [0.2, 0.25) is 0 Å². The maximum absolute atomic E-state index is 4.60. The van der Waals surface area contributed by atoms with Crippen molar-refractivity contribution in [3.8, 4) is 0 Å². The molecule has 3 heteroatoms. The van der Waals surface area contributed by atoms with E-state index >= 15 is 0 Å². The summed E-state index contributed by atoms with van der Waals surface area (Å²) in [5.74, 6) is 0. The Kier molecular flexibility index (Phi) is 1.54. The van der Waals surface area contributed by atoms with E-state index in [1.807, 2.05) is 0 Å². The average molecular weight is 111 g/mol. The van der Waals surface area contributed by atoms with Gasteiger partial charge in [-0.25, -0.2) is 0 Å². The molecule has 1 N–H and O–H groups in total. The van der Waals surface area contributed by atoms with Gasteiger partial charge >= 0.3 is 0 Å². The summed E-state index contributed by atoms with van der Waals surface area (Å²) in [6.07, 6.45) is 5.96. The van der Waals surface area contributed by atoms with Gasteiger partial charge in [-0.1, -0.05) is 11.7 Å². The number of rotatable bonds is 2. The third-order valence-corrected chi connectivity index (χ3v) is 0.742. The van der Waals surface area contributed by atoms with Crippen LogP contribution in [0.5, 0.6) is 0 Å². The summed E-state index contributed by atoms with van der Waals surface area (Å²) in [6.45, 7) is 4.24. The minimum Gasteiger partial charge on any atom is -0.394 e. The van der Waals surface area contributed by atoms with Crippen molar-refractivity contribution >= 4 is 0 Å². The summed E-state index contributed by atoms with van der Waals surface area (Å²) in [5.41, 5.74) is 2.55. The minimum atomic E-state index is 0.705. The first-order valence-corrected chi connectivity index (χ1v) is 2.31. The van der Waals surface area contributed by atoms with Crippen LogP contribution in [-0.4, -0.2) is 11.6 Å². The second kappa shape index (κ2) is 2.37. The molecule has 0 spiro atoms. The molecule has 1 rings (SSSR count). The molecule has 1 aliphatic heterocycles. The van der Waals surface area contributed by atoms with Crippen molar-refractivity contribution in [3.63, 3.8) is 0 Å². The first-order chi connectivity index (χ1) is 3.93. The van der Waals surface area contributed by atoms with E-state index in [1.54, 1.807) is 11.1 Å². The molecular weight excluding hydrogens is 104 g/mol. The third kappa shape index (κ3) is 1.01. The van der Waals surface area contributed by atoms with Crippen LogP contribution in [0.3, 0.4) is 0 Å². The molecule has 0 saturated heterocycles. The van der Waals surface area contributed by atoms with Crippen LogP contribution in [0.1, 0.15) is 0 Å². The number of hydrazine groups is 1. The van der Waals surface area contributed by atoms with E-state index in [0.717, 1.165) is 0 Å². The molecule has 3 nitrogen and oxygen atoms in total. The quantitative estimate of drug-likeness (QED) is 0.515. The van der Waals surface area contributed by atoms with Crippen LogP contribution < -0.4 is 5.59 Å². The fourth-order valence-electron chi connectivity index (χ4n) is 0.425. The molecule has 0 aromatic carbocycles. The Morgan fingerprint density at radius 1 is 2.00 bits per heavy atom. The fourth-order valence-corrected chi connectivity index (χ4v) is 0.425. The second-order valence-corrected chi connectivity index (χ2v) is 1.36. The van der Waals surface area contributed by atoms with Crippen LogP contribution >= 0.6 is 0 Å². The van der Waals surface area contributed by atoms with Crippen molar-refractivity contribution in [2.24, 2.45) is 0 Å². The van der Waals surface area contributed by atoms with Gasteiger partial charge in [0.25, 0.3) is 0 Å². The predicted molar refractivity (Wildman–Crippen MR) is 28.9 cm³/mol. The zero-order valence-electron chi connectivity index (χ0n) is 4.42. The lowest BCUT2D eigenvalue weighted by molar-refractivity contribution is 0.0406. The Morgan fingerprint density at radius 2 is 2.88 bits per heavy atom. The minimum absolute atomic E-state index is 0.705. The highest BCUT2D eigenvalue weighted by molar-refractivity contribution is 4.76. The van der Waals surface area contributed by atoms with E-state index in [1.165, 1.54) is 6.26 Å². The van der Waals surface area contributed by atoms with Gasteiger partial charge in [-0.15, -0.1) is 6.58 Å². The van der Waals surface area contributed by atoms with E-state index in [0.29, 0.717) is 6.54 Å². The van der Waals surface area contributed by atoms with Gasteiger partial charge in [-0.2, -0.15) is 0 Å².